The molecule has 0 spiro atoms. The number of aromatic nitrogens is 2. The van der Waals surface area contributed by atoms with E-state index in [1.54, 1.807) is 42.5 Å². The zero-order valence-corrected chi connectivity index (χ0v) is 15.3. The van der Waals surface area contributed by atoms with E-state index in [-0.39, 0.29) is 11.5 Å². The molecule has 2 aromatic carbocycles. The summed E-state index contributed by atoms with van der Waals surface area (Å²) in [5.74, 6) is 0.971. The monoisotopic (exact) mass is 375 g/mol. The lowest BCUT2D eigenvalue weighted by molar-refractivity contribution is 0.102. The molecule has 0 radical (unpaired) electrons. The van der Waals surface area contributed by atoms with Crippen molar-refractivity contribution >= 4 is 23.2 Å². The van der Waals surface area contributed by atoms with Gasteiger partial charge >= 0.3 is 0 Å². The summed E-state index contributed by atoms with van der Waals surface area (Å²) in [6, 6.07) is 14.2. The van der Waals surface area contributed by atoms with Crippen LogP contribution in [0.4, 0.5) is 17.3 Å². The van der Waals surface area contributed by atoms with E-state index in [9.17, 15) is 4.79 Å². The number of rotatable bonds is 6. The average molecular weight is 375 g/mol. The van der Waals surface area contributed by atoms with Gasteiger partial charge in [0.1, 0.15) is 17.6 Å². The molecule has 0 atom stereocenters. The molecule has 3 aromatic rings. The quantitative estimate of drug-likeness (QED) is 0.680. The SMILES string of the molecule is COc1ccc(OC)c(NC(=O)c2cnc(Nc3ccccc3C#N)nc2)c1. The molecule has 8 heteroatoms. The lowest BCUT2D eigenvalue weighted by Gasteiger charge is -2.12. The molecule has 0 unspecified atom stereocenters. The first-order valence-corrected chi connectivity index (χ1v) is 8.26. The van der Waals surface area contributed by atoms with E-state index < -0.39 is 5.91 Å². The number of anilines is 3. The highest BCUT2D eigenvalue weighted by atomic mass is 16.5. The fourth-order valence-corrected chi connectivity index (χ4v) is 2.43. The van der Waals surface area contributed by atoms with Crippen molar-refractivity contribution in [3.8, 4) is 17.6 Å². The number of amides is 1. The van der Waals surface area contributed by atoms with Gasteiger partial charge in [-0.15, -0.1) is 0 Å². The second-order valence-corrected chi connectivity index (χ2v) is 5.60. The van der Waals surface area contributed by atoms with Crippen molar-refractivity contribution in [1.82, 2.24) is 9.97 Å². The number of methoxy groups -OCH3 is 2. The molecule has 3 rings (SSSR count). The van der Waals surface area contributed by atoms with Crippen LogP contribution in [0.3, 0.4) is 0 Å². The van der Waals surface area contributed by atoms with E-state index in [0.29, 0.717) is 28.4 Å². The van der Waals surface area contributed by atoms with Gasteiger partial charge in [0.15, 0.2) is 0 Å². The molecule has 0 aliphatic carbocycles. The second-order valence-electron chi connectivity index (χ2n) is 5.60. The standard InChI is InChI=1S/C20H17N5O3/c1-27-15-7-8-18(28-2)17(9-15)24-19(26)14-11-22-20(23-12-14)25-16-6-4-3-5-13(16)10-21/h3-9,11-12H,1-2H3,(H,24,26)(H,22,23,25). The lowest BCUT2D eigenvalue weighted by Crippen LogP contribution is -2.14. The molecule has 1 aromatic heterocycles. The second kappa shape index (κ2) is 8.51. The van der Waals surface area contributed by atoms with Gasteiger partial charge in [0.2, 0.25) is 5.95 Å². The highest BCUT2D eigenvalue weighted by molar-refractivity contribution is 6.04. The average Bonchev–Trinajstić information content (AvgIpc) is 2.74. The Kier molecular flexibility index (Phi) is 5.67. The summed E-state index contributed by atoms with van der Waals surface area (Å²) in [5.41, 5.74) is 1.79. The highest BCUT2D eigenvalue weighted by Gasteiger charge is 2.12. The molecule has 0 bridgehead atoms. The van der Waals surface area contributed by atoms with Crippen molar-refractivity contribution in [1.29, 1.82) is 5.26 Å². The van der Waals surface area contributed by atoms with Gasteiger partial charge in [-0.25, -0.2) is 9.97 Å². The number of carbonyl (C=O) groups excluding carboxylic acids is 1. The molecule has 0 aliphatic rings. The Bertz CT molecular complexity index is 1030. The summed E-state index contributed by atoms with van der Waals surface area (Å²) in [4.78, 5) is 20.8. The van der Waals surface area contributed by atoms with Gasteiger partial charge in [-0.1, -0.05) is 12.1 Å². The van der Waals surface area contributed by atoms with Crippen LogP contribution in [0.5, 0.6) is 11.5 Å². The molecule has 0 saturated heterocycles. The van der Waals surface area contributed by atoms with Crippen LogP contribution in [0.15, 0.2) is 54.9 Å². The Balaban J connectivity index is 1.75. The Morgan fingerprint density at radius 3 is 2.46 bits per heavy atom. The van der Waals surface area contributed by atoms with Crippen molar-refractivity contribution in [2.45, 2.75) is 0 Å². The highest BCUT2D eigenvalue weighted by Crippen LogP contribution is 2.29. The van der Waals surface area contributed by atoms with E-state index in [2.05, 4.69) is 26.7 Å². The van der Waals surface area contributed by atoms with Gasteiger partial charge in [-0.3, -0.25) is 4.79 Å². The summed E-state index contributed by atoms with van der Waals surface area (Å²) in [6.07, 6.45) is 2.79. The number of hydrogen-bond acceptors (Lipinski definition) is 7. The van der Waals surface area contributed by atoms with Crippen LogP contribution in [0.25, 0.3) is 0 Å². The van der Waals surface area contributed by atoms with Gasteiger partial charge in [-0.2, -0.15) is 5.26 Å². The number of ether oxygens (including phenoxy) is 2. The van der Waals surface area contributed by atoms with Crippen LogP contribution in [0.1, 0.15) is 15.9 Å². The van der Waals surface area contributed by atoms with E-state index in [4.69, 9.17) is 14.7 Å². The minimum Gasteiger partial charge on any atom is -0.497 e. The summed E-state index contributed by atoms with van der Waals surface area (Å²) >= 11 is 0. The predicted molar refractivity (Wildman–Crippen MR) is 104 cm³/mol. The third-order valence-electron chi connectivity index (χ3n) is 3.86. The van der Waals surface area contributed by atoms with Crippen LogP contribution >= 0.6 is 0 Å². The smallest absolute Gasteiger partial charge is 0.258 e. The number of nitrogens with zero attached hydrogens (tertiary/aromatic N) is 3. The number of benzene rings is 2. The topological polar surface area (TPSA) is 109 Å². The number of carbonyl (C=O) groups is 1. The molecule has 140 valence electrons. The van der Waals surface area contributed by atoms with Crippen molar-refractivity contribution in [3.05, 3.63) is 66.0 Å². The van der Waals surface area contributed by atoms with E-state index >= 15 is 0 Å². The molecule has 2 N–H and O–H groups in total. The Hall–Kier alpha value is -4.12. The largest absolute Gasteiger partial charge is 0.497 e. The van der Waals surface area contributed by atoms with Crippen LogP contribution in [0, 0.1) is 11.3 Å². The molecular weight excluding hydrogens is 358 g/mol. The van der Waals surface area contributed by atoms with Gasteiger partial charge < -0.3 is 20.1 Å². The van der Waals surface area contributed by atoms with Crippen LogP contribution < -0.4 is 20.1 Å². The predicted octanol–water partition coefficient (Wildman–Crippen LogP) is 3.36. The fourth-order valence-electron chi connectivity index (χ4n) is 2.43. The maximum absolute atomic E-state index is 12.5. The van der Waals surface area contributed by atoms with E-state index in [1.807, 2.05) is 0 Å². The Labute approximate surface area is 161 Å². The molecule has 1 heterocycles. The van der Waals surface area contributed by atoms with Gasteiger partial charge in [-0.05, 0) is 24.3 Å². The minimum absolute atomic E-state index is 0.268. The number of hydrogen-bond donors (Lipinski definition) is 2. The van der Waals surface area contributed by atoms with Crippen molar-refractivity contribution in [2.75, 3.05) is 24.9 Å². The van der Waals surface area contributed by atoms with Crippen molar-refractivity contribution in [3.63, 3.8) is 0 Å². The minimum atomic E-state index is -0.393. The van der Waals surface area contributed by atoms with Crippen LogP contribution in [0.2, 0.25) is 0 Å². The Morgan fingerprint density at radius 1 is 1.04 bits per heavy atom. The van der Waals surface area contributed by atoms with E-state index in [0.717, 1.165) is 0 Å². The van der Waals surface area contributed by atoms with E-state index in [1.165, 1.54) is 26.6 Å². The molecule has 0 aliphatic heterocycles. The molecule has 0 saturated carbocycles. The third kappa shape index (κ3) is 4.16. The summed E-state index contributed by atoms with van der Waals surface area (Å²) in [5, 5.41) is 14.8. The zero-order chi connectivity index (χ0) is 19.9. The molecule has 28 heavy (non-hydrogen) atoms. The van der Waals surface area contributed by atoms with Crippen molar-refractivity contribution < 1.29 is 14.3 Å². The maximum atomic E-state index is 12.5. The Morgan fingerprint density at radius 2 is 1.79 bits per heavy atom. The fraction of sp³-hybridized carbons (Fsp3) is 0.100. The molecule has 8 nitrogen and oxygen atoms in total. The van der Waals surface area contributed by atoms with Gasteiger partial charge in [0.05, 0.1) is 36.7 Å². The number of nitriles is 1. The first-order valence-electron chi connectivity index (χ1n) is 8.26. The summed E-state index contributed by atoms with van der Waals surface area (Å²) in [6.45, 7) is 0. The molecular formula is C20H17N5O3. The normalized spacial score (nSPS) is 9.89. The third-order valence-corrected chi connectivity index (χ3v) is 3.86. The maximum Gasteiger partial charge on any atom is 0.258 e. The van der Waals surface area contributed by atoms with Crippen LogP contribution in [-0.2, 0) is 0 Å². The summed E-state index contributed by atoms with van der Waals surface area (Å²) in [7, 11) is 3.05. The lowest BCUT2D eigenvalue weighted by atomic mass is 10.2. The van der Waals surface area contributed by atoms with Gasteiger partial charge in [0.25, 0.3) is 5.91 Å². The van der Waals surface area contributed by atoms with Crippen molar-refractivity contribution in [2.24, 2.45) is 0 Å². The first kappa shape index (κ1) is 18.7. The number of para-hydroxylation sites is 1. The first-order chi connectivity index (χ1) is 13.6. The number of nitrogens with one attached hydrogen (secondary N) is 2. The zero-order valence-electron chi connectivity index (χ0n) is 15.3. The summed E-state index contributed by atoms with van der Waals surface area (Å²) < 4.78 is 10.4. The van der Waals surface area contributed by atoms with Gasteiger partial charge in [0, 0.05) is 18.5 Å². The van der Waals surface area contributed by atoms with Crippen LogP contribution in [-0.4, -0.2) is 30.1 Å². The molecule has 1 amide bonds. The molecule has 0 fully saturated rings.